The average Bonchev–Trinajstić information content (AvgIpc) is 3.31. The lowest BCUT2D eigenvalue weighted by molar-refractivity contribution is 0.0691. The molecule has 41 heavy (non-hydrogen) atoms. The first-order valence-corrected chi connectivity index (χ1v) is 15.9. The molecule has 2 aromatic heterocycles. The number of hydrogen-bond donors (Lipinski definition) is 3. The van der Waals surface area contributed by atoms with E-state index < -0.39 is 17.3 Å². The minimum Gasteiger partial charge on any atom is -0.476 e. The van der Waals surface area contributed by atoms with Gasteiger partial charge in [-0.1, -0.05) is 36.8 Å². The number of aromatic nitrogens is 3. The quantitative estimate of drug-likeness (QED) is 0.166. The molecule has 7 nitrogen and oxygen atoms in total. The maximum Gasteiger partial charge on any atom is 0.355 e. The lowest BCUT2D eigenvalue weighted by Crippen LogP contribution is -2.12. The van der Waals surface area contributed by atoms with Crippen molar-refractivity contribution < 1.29 is 18.8 Å². The second-order valence-corrected chi connectivity index (χ2v) is 12.7. The molecule has 210 valence electrons. The summed E-state index contributed by atoms with van der Waals surface area (Å²) in [5.74, 6) is 5.71. The lowest BCUT2D eigenvalue weighted by atomic mass is 9.96. The van der Waals surface area contributed by atoms with E-state index in [4.69, 9.17) is 10.2 Å². The molecular weight excluding hydrogens is 559 g/mol. The van der Waals surface area contributed by atoms with Gasteiger partial charge in [-0.05, 0) is 67.9 Å². The Bertz CT molecular complexity index is 1660. The van der Waals surface area contributed by atoms with Gasteiger partial charge in [-0.25, -0.2) is 18.9 Å². The van der Waals surface area contributed by atoms with Crippen LogP contribution in [0.25, 0.3) is 16.4 Å². The van der Waals surface area contributed by atoms with Crippen LogP contribution in [-0.4, -0.2) is 30.4 Å². The van der Waals surface area contributed by atoms with Gasteiger partial charge in [-0.2, -0.15) is 9.65 Å². The second-order valence-electron chi connectivity index (χ2n) is 10.7. The Balaban J connectivity index is 1.49. The normalized spacial score (nSPS) is 16.0. The van der Waals surface area contributed by atoms with Crippen LogP contribution in [0.15, 0.2) is 52.7 Å². The Kier molecular flexibility index (Phi) is 7.95. The highest BCUT2D eigenvalue weighted by Gasteiger charge is 2.30. The van der Waals surface area contributed by atoms with E-state index in [0.717, 1.165) is 67.3 Å². The molecule has 1 atom stereocenters. The molecule has 1 unspecified atom stereocenters. The highest BCUT2D eigenvalue weighted by atomic mass is 32.2. The molecule has 0 spiro atoms. The Labute approximate surface area is 244 Å². The van der Waals surface area contributed by atoms with Crippen LogP contribution in [0.5, 0.6) is 0 Å². The van der Waals surface area contributed by atoms with Gasteiger partial charge in [0.2, 0.25) is 10.0 Å². The van der Waals surface area contributed by atoms with E-state index in [1.54, 1.807) is 22.9 Å². The number of nitrogens with two attached hydrogens (primary N) is 1. The molecule has 0 amide bonds. The molecule has 2 saturated carbocycles. The summed E-state index contributed by atoms with van der Waals surface area (Å²) in [6.45, 7) is 0. The van der Waals surface area contributed by atoms with Gasteiger partial charge in [0.1, 0.15) is 5.82 Å². The SMILES string of the molecule is N[S+](O)c1cccc(Cc2c(-c3ccc(F)c(C#CC4CCCC4)c3)nn(-c3nc(C(=O)O)cs3)c2CC2CC2)c1. The summed E-state index contributed by atoms with van der Waals surface area (Å²) < 4.78 is 26.7. The number of halogens is 1. The van der Waals surface area contributed by atoms with E-state index in [2.05, 4.69) is 16.8 Å². The van der Waals surface area contributed by atoms with Gasteiger partial charge >= 0.3 is 5.97 Å². The highest BCUT2D eigenvalue weighted by molar-refractivity contribution is 7.89. The molecule has 2 heterocycles. The van der Waals surface area contributed by atoms with Gasteiger partial charge in [-0.15, -0.1) is 16.5 Å². The Hall–Kier alpha value is -3.49. The molecule has 0 saturated heterocycles. The Morgan fingerprint density at radius 3 is 2.68 bits per heavy atom. The fourth-order valence-electron chi connectivity index (χ4n) is 5.33. The Morgan fingerprint density at radius 1 is 1.17 bits per heavy atom. The number of nitrogens with zero attached hydrogens (tertiary/aromatic N) is 3. The summed E-state index contributed by atoms with van der Waals surface area (Å²) in [7, 11) is 0. The zero-order valence-electron chi connectivity index (χ0n) is 22.3. The van der Waals surface area contributed by atoms with Crippen LogP contribution >= 0.6 is 11.3 Å². The summed E-state index contributed by atoms with van der Waals surface area (Å²) >= 11 is -0.142. The van der Waals surface area contributed by atoms with Crippen molar-refractivity contribution in [1.29, 1.82) is 0 Å². The lowest BCUT2D eigenvalue weighted by Gasteiger charge is -2.09. The molecule has 2 fully saturated rings. The van der Waals surface area contributed by atoms with Crippen molar-refractivity contribution in [3.63, 3.8) is 0 Å². The minimum absolute atomic E-state index is 0.0298. The first-order chi connectivity index (χ1) is 19.9. The topological polar surface area (TPSA) is 114 Å². The molecule has 0 bridgehead atoms. The number of thiazole rings is 1. The first kappa shape index (κ1) is 27.7. The van der Waals surface area contributed by atoms with E-state index in [1.165, 1.54) is 22.8 Å². The molecular formula is C31H30FN4O3S2+. The number of carboxylic acid groups (broad SMARTS) is 1. The smallest absolute Gasteiger partial charge is 0.355 e. The van der Waals surface area contributed by atoms with Crippen molar-refractivity contribution in [1.82, 2.24) is 14.8 Å². The summed E-state index contributed by atoms with van der Waals surface area (Å²) in [6, 6.07) is 12.5. The number of carbonyl (C=O) groups is 1. The van der Waals surface area contributed by atoms with Crippen molar-refractivity contribution in [3.05, 3.63) is 81.7 Å². The van der Waals surface area contributed by atoms with E-state index in [-0.39, 0.29) is 11.5 Å². The molecule has 6 rings (SSSR count). The molecule has 4 N–H and O–H groups in total. The molecule has 0 aliphatic heterocycles. The standard InChI is InChI=1S/C31H29FN4O3S2/c32-26-13-12-23(17-22(26)11-10-19-4-1-2-5-19)29-25(15-21-6-3-7-24(14-21)41(33)39)28(16-20-8-9-20)36(35-29)31-34-27(18-40-31)30(37)38/h3,6-7,12-14,17-20,39H,1-2,4-5,8-9,15-16,33H2/p+1. The summed E-state index contributed by atoms with van der Waals surface area (Å²) in [6.07, 6.45) is 7.93. The van der Waals surface area contributed by atoms with Crippen LogP contribution in [0.2, 0.25) is 0 Å². The maximum atomic E-state index is 14.9. The van der Waals surface area contributed by atoms with E-state index in [0.29, 0.717) is 39.5 Å². The third-order valence-corrected chi connectivity index (χ3v) is 9.24. The number of carboxylic acids is 1. The first-order valence-electron chi connectivity index (χ1n) is 13.7. The highest BCUT2D eigenvalue weighted by Crippen LogP contribution is 2.38. The van der Waals surface area contributed by atoms with Gasteiger partial charge in [0.25, 0.3) is 11.4 Å². The van der Waals surface area contributed by atoms with E-state index >= 15 is 0 Å². The van der Waals surface area contributed by atoms with Crippen molar-refractivity contribution in [2.75, 3.05) is 0 Å². The summed E-state index contributed by atoms with van der Waals surface area (Å²) in [4.78, 5) is 16.6. The van der Waals surface area contributed by atoms with E-state index in [9.17, 15) is 18.8 Å². The van der Waals surface area contributed by atoms with Crippen LogP contribution < -0.4 is 5.14 Å². The van der Waals surface area contributed by atoms with Gasteiger partial charge in [0.15, 0.2) is 5.69 Å². The maximum absolute atomic E-state index is 14.9. The predicted octanol–water partition coefficient (Wildman–Crippen LogP) is 6.24. The number of aromatic carboxylic acids is 1. The molecule has 4 aromatic rings. The average molecular weight is 590 g/mol. The minimum atomic E-state index is -1.37. The van der Waals surface area contributed by atoms with Crippen LogP contribution in [0, 0.1) is 29.5 Å². The zero-order chi connectivity index (χ0) is 28.5. The molecule has 2 aromatic carbocycles. The third kappa shape index (κ3) is 6.23. The fourth-order valence-corrected chi connectivity index (χ4v) is 6.60. The largest absolute Gasteiger partial charge is 0.476 e. The third-order valence-electron chi connectivity index (χ3n) is 7.69. The van der Waals surface area contributed by atoms with Crippen LogP contribution in [0.4, 0.5) is 4.39 Å². The number of hydrogen-bond acceptors (Lipinski definition) is 6. The Morgan fingerprint density at radius 2 is 1.98 bits per heavy atom. The van der Waals surface area contributed by atoms with Gasteiger partial charge < -0.3 is 5.11 Å². The number of benzene rings is 2. The summed E-state index contributed by atoms with van der Waals surface area (Å²) in [5, 5.41) is 22.3. The predicted molar refractivity (Wildman–Crippen MR) is 159 cm³/mol. The van der Waals surface area contributed by atoms with Crippen molar-refractivity contribution in [2.45, 2.75) is 56.3 Å². The zero-order valence-corrected chi connectivity index (χ0v) is 24.0. The van der Waals surface area contributed by atoms with Crippen molar-refractivity contribution in [2.24, 2.45) is 17.0 Å². The summed E-state index contributed by atoms with van der Waals surface area (Å²) in [5.41, 5.74) is 4.59. The van der Waals surface area contributed by atoms with Gasteiger partial charge in [-0.3, -0.25) is 0 Å². The second kappa shape index (κ2) is 11.8. The van der Waals surface area contributed by atoms with Gasteiger partial charge in [0, 0.05) is 34.9 Å². The van der Waals surface area contributed by atoms with Crippen molar-refractivity contribution >= 4 is 28.7 Å². The van der Waals surface area contributed by atoms with Gasteiger partial charge in [0.05, 0.1) is 17.0 Å². The molecule has 0 radical (unpaired) electrons. The van der Waals surface area contributed by atoms with Crippen LogP contribution in [0.1, 0.15) is 71.4 Å². The fraction of sp³-hybridized carbons (Fsp3) is 0.323. The van der Waals surface area contributed by atoms with Crippen LogP contribution in [-0.2, 0) is 24.2 Å². The van der Waals surface area contributed by atoms with Crippen LogP contribution in [0.3, 0.4) is 0 Å². The molecule has 10 heteroatoms. The van der Waals surface area contributed by atoms with Crippen molar-refractivity contribution in [3.8, 4) is 28.2 Å². The van der Waals surface area contributed by atoms with E-state index in [1.807, 2.05) is 18.2 Å². The number of rotatable bonds is 8. The monoisotopic (exact) mass is 589 g/mol. The molecule has 2 aliphatic rings. The molecule has 2 aliphatic carbocycles.